The summed E-state index contributed by atoms with van der Waals surface area (Å²) in [6.45, 7) is 7.11. The lowest BCUT2D eigenvalue weighted by Gasteiger charge is -2.36. The van der Waals surface area contributed by atoms with Crippen LogP contribution in [0.25, 0.3) is 0 Å². The largest absolute Gasteiger partial charge is 0.506 e. The number of ether oxygens (including phenoxy) is 1. The molecule has 204 valence electrons. The summed E-state index contributed by atoms with van der Waals surface area (Å²) in [5.74, 6) is 0.280. The normalized spacial score (nSPS) is 13.8. The van der Waals surface area contributed by atoms with E-state index in [1.54, 1.807) is 6.21 Å². The fourth-order valence-electron chi connectivity index (χ4n) is 3.96. The summed E-state index contributed by atoms with van der Waals surface area (Å²) in [6.07, 6.45) is 1.58. The van der Waals surface area contributed by atoms with Crippen molar-refractivity contribution in [3.63, 3.8) is 0 Å². The van der Waals surface area contributed by atoms with Gasteiger partial charge in [0.1, 0.15) is 18.1 Å². The van der Waals surface area contributed by atoms with Gasteiger partial charge in [0.25, 0.3) is 5.91 Å². The Labute approximate surface area is 240 Å². The third-order valence-corrected chi connectivity index (χ3v) is 7.18. The van der Waals surface area contributed by atoms with Crippen LogP contribution in [-0.4, -0.2) is 61.5 Å². The van der Waals surface area contributed by atoms with E-state index in [1.807, 2.05) is 43.3 Å². The molecule has 38 heavy (non-hydrogen) atoms. The second-order valence-corrected chi connectivity index (χ2v) is 9.88. The molecule has 1 saturated heterocycles. The minimum Gasteiger partial charge on any atom is -0.506 e. The van der Waals surface area contributed by atoms with Crippen molar-refractivity contribution in [1.82, 2.24) is 10.3 Å². The predicted octanol–water partition coefficient (Wildman–Crippen LogP) is 6.51. The number of anilines is 1. The maximum atomic E-state index is 12.2. The Morgan fingerprint density at radius 1 is 1.03 bits per heavy atom. The molecule has 7 nitrogen and oxygen atoms in total. The van der Waals surface area contributed by atoms with Gasteiger partial charge in [0.05, 0.1) is 21.3 Å². The van der Waals surface area contributed by atoms with Crippen molar-refractivity contribution in [2.75, 3.05) is 44.2 Å². The van der Waals surface area contributed by atoms with Crippen LogP contribution in [0.4, 0.5) is 5.69 Å². The highest BCUT2D eigenvalue weighted by Crippen LogP contribution is 2.28. The molecule has 0 aromatic heterocycles. The van der Waals surface area contributed by atoms with E-state index in [2.05, 4.69) is 20.3 Å². The van der Waals surface area contributed by atoms with Crippen molar-refractivity contribution in [2.24, 2.45) is 5.10 Å². The van der Waals surface area contributed by atoms with Gasteiger partial charge in [-0.25, -0.2) is 5.43 Å². The number of halogens is 3. The topological polar surface area (TPSA) is 77.4 Å². The van der Waals surface area contributed by atoms with E-state index in [-0.39, 0.29) is 19.6 Å². The van der Waals surface area contributed by atoms with Crippen LogP contribution in [0, 0.1) is 6.92 Å². The van der Waals surface area contributed by atoms with Gasteiger partial charge in [-0.15, -0.1) is 0 Å². The minimum atomic E-state index is -0.423. The number of amides is 1. The van der Waals surface area contributed by atoms with E-state index >= 15 is 0 Å². The zero-order valence-corrected chi connectivity index (χ0v) is 22.5. The standard InChI is InChI=1S/C27H27Cl3N4O3.CH4.H2/c1-18-14-22(5-2-20(18)17-31-32-27(36)19-3-7-26(35)25(30)15-19)37-13-12-33-8-10-34(11-9-33)21-4-6-23(28)24(29)16-21;;/h2-7,14-17,35H,8-13H2,1H3,(H,32,36);1H4;1H/b31-17+;;. The zero-order valence-electron chi connectivity index (χ0n) is 20.3. The Balaban J connectivity index is 0.00000267. The first-order chi connectivity index (χ1) is 17.8. The summed E-state index contributed by atoms with van der Waals surface area (Å²) < 4.78 is 5.97. The average molecular weight is 580 g/mol. The smallest absolute Gasteiger partial charge is 0.271 e. The summed E-state index contributed by atoms with van der Waals surface area (Å²) in [6, 6.07) is 15.7. The number of aromatic hydroxyl groups is 1. The minimum absolute atomic E-state index is 0. The van der Waals surface area contributed by atoms with Crippen molar-refractivity contribution < 1.29 is 16.1 Å². The van der Waals surface area contributed by atoms with Crippen LogP contribution < -0.4 is 15.1 Å². The molecule has 0 bridgehead atoms. The molecule has 4 rings (SSSR count). The molecule has 3 aromatic rings. The van der Waals surface area contributed by atoms with Crippen LogP contribution in [-0.2, 0) is 0 Å². The van der Waals surface area contributed by atoms with Crippen molar-refractivity contribution in [2.45, 2.75) is 14.4 Å². The van der Waals surface area contributed by atoms with E-state index < -0.39 is 5.91 Å². The van der Waals surface area contributed by atoms with Crippen LogP contribution in [0.3, 0.4) is 0 Å². The molecule has 1 fully saturated rings. The van der Waals surface area contributed by atoms with Gasteiger partial charge in [0, 0.05) is 45.4 Å². The number of hydrazone groups is 1. The Morgan fingerprint density at radius 2 is 1.79 bits per heavy atom. The van der Waals surface area contributed by atoms with E-state index in [9.17, 15) is 9.90 Å². The average Bonchev–Trinajstić information content (AvgIpc) is 2.89. The Bertz CT molecular complexity index is 1300. The summed E-state index contributed by atoms with van der Waals surface area (Å²) in [4.78, 5) is 16.9. The highest BCUT2D eigenvalue weighted by Gasteiger charge is 2.18. The molecule has 0 atom stereocenters. The van der Waals surface area contributed by atoms with Crippen LogP contribution in [0.5, 0.6) is 11.5 Å². The van der Waals surface area contributed by atoms with Crippen LogP contribution >= 0.6 is 34.8 Å². The lowest BCUT2D eigenvalue weighted by molar-refractivity contribution is 0.0955. The SMILES string of the molecule is C.Cc1cc(OCCN2CCN(c3ccc(Cl)c(Cl)c3)CC2)ccc1/C=N/NC(=O)c1ccc(O)c(Cl)c1.[HH]. The van der Waals surface area contributed by atoms with E-state index in [4.69, 9.17) is 39.5 Å². The van der Waals surface area contributed by atoms with Gasteiger partial charge in [-0.1, -0.05) is 42.2 Å². The molecular weight excluding hydrogens is 547 g/mol. The fraction of sp³-hybridized carbons (Fsp3) is 0.286. The zero-order chi connectivity index (χ0) is 26.4. The molecule has 10 heteroatoms. The Kier molecular flexibility index (Phi) is 10.7. The number of phenolic OH excluding ortho intramolecular Hbond substituents is 1. The molecule has 1 heterocycles. The number of hydrogen-bond donors (Lipinski definition) is 2. The summed E-state index contributed by atoms with van der Waals surface area (Å²) in [5.41, 5.74) is 5.68. The third-order valence-electron chi connectivity index (χ3n) is 6.14. The van der Waals surface area contributed by atoms with E-state index in [0.29, 0.717) is 22.2 Å². The van der Waals surface area contributed by atoms with Crippen molar-refractivity contribution >= 4 is 52.6 Å². The molecule has 3 aromatic carbocycles. The number of aryl methyl sites for hydroxylation is 1. The van der Waals surface area contributed by atoms with Crippen molar-refractivity contribution in [3.05, 3.63) is 86.4 Å². The van der Waals surface area contributed by atoms with Gasteiger partial charge < -0.3 is 14.7 Å². The summed E-state index contributed by atoms with van der Waals surface area (Å²) in [5, 5.41) is 14.7. The van der Waals surface area contributed by atoms with Crippen molar-refractivity contribution in [3.8, 4) is 11.5 Å². The first-order valence-electron chi connectivity index (χ1n) is 11.8. The molecule has 1 amide bonds. The maximum Gasteiger partial charge on any atom is 0.271 e. The molecule has 0 spiro atoms. The summed E-state index contributed by atoms with van der Waals surface area (Å²) in [7, 11) is 0. The van der Waals surface area contributed by atoms with Gasteiger partial charge in [0.2, 0.25) is 0 Å². The first kappa shape index (κ1) is 29.6. The van der Waals surface area contributed by atoms with E-state index in [1.165, 1.54) is 18.2 Å². The molecule has 0 unspecified atom stereocenters. The fourth-order valence-corrected chi connectivity index (χ4v) is 4.43. The number of piperazine rings is 1. The third kappa shape index (κ3) is 7.77. The number of carbonyl (C=O) groups is 1. The molecule has 2 N–H and O–H groups in total. The molecule has 1 aliphatic heterocycles. The maximum absolute atomic E-state index is 12.2. The van der Waals surface area contributed by atoms with Crippen LogP contribution in [0.2, 0.25) is 15.1 Å². The first-order valence-corrected chi connectivity index (χ1v) is 12.9. The predicted molar refractivity (Wildman–Crippen MR) is 159 cm³/mol. The number of carbonyl (C=O) groups excluding carboxylic acids is 1. The Hall–Kier alpha value is -2.97. The monoisotopic (exact) mass is 578 g/mol. The van der Waals surface area contributed by atoms with Crippen LogP contribution in [0.1, 0.15) is 30.3 Å². The highest BCUT2D eigenvalue weighted by atomic mass is 35.5. The van der Waals surface area contributed by atoms with Crippen molar-refractivity contribution in [1.29, 1.82) is 0 Å². The number of nitrogens with zero attached hydrogens (tertiary/aromatic N) is 3. The highest BCUT2D eigenvalue weighted by molar-refractivity contribution is 6.42. The number of rotatable bonds is 8. The van der Waals surface area contributed by atoms with Gasteiger partial charge in [-0.3, -0.25) is 9.69 Å². The van der Waals surface area contributed by atoms with Gasteiger partial charge >= 0.3 is 0 Å². The van der Waals surface area contributed by atoms with Gasteiger partial charge in [0.15, 0.2) is 0 Å². The van der Waals surface area contributed by atoms with Gasteiger partial charge in [-0.05, 0) is 72.6 Å². The summed E-state index contributed by atoms with van der Waals surface area (Å²) >= 11 is 18.0. The lowest BCUT2D eigenvalue weighted by Crippen LogP contribution is -2.47. The number of phenols is 1. The molecule has 0 saturated carbocycles. The number of benzene rings is 3. The van der Waals surface area contributed by atoms with E-state index in [0.717, 1.165) is 55.3 Å². The van der Waals surface area contributed by atoms with Crippen LogP contribution in [0.15, 0.2) is 59.7 Å². The molecule has 0 radical (unpaired) electrons. The Morgan fingerprint density at radius 3 is 2.47 bits per heavy atom. The van der Waals surface area contributed by atoms with Gasteiger partial charge in [-0.2, -0.15) is 5.10 Å². The number of nitrogens with one attached hydrogen (secondary N) is 1. The second kappa shape index (κ2) is 13.7. The molecule has 0 aliphatic carbocycles. The molecule has 1 aliphatic rings. The number of hydrogen-bond acceptors (Lipinski definition) is 6. The second-order valence-electron chi connectivity index (χ2n) is 8.66. The quantitative estimate of drug-likeness (QED) is 0.235. The lowest BCUT2D eigenvalue weighted by atomic mass is 10.1. The molecular formula is C28H33Cl3N4O3.